The number of carbonyl (C=O) groups excluding carboxylic acids is 1. The maximum absolute atomic E-state index is 13.0. The fraction of sp³-hybridized carbons (Fsp3) is 0.474. The molecule has 2 aromatic rings. The number of carbonyl (C=O) groups is 1. The number of benzene rings is 1. The van der Waals surface area contributed by atoms with Gasteiger partial charge in [-0.05, 0) is 31.7 Å². The molecule has 4 rings (SSSR count). The van der Waals surface area contributed by atoms with Gasteiger partial charge in [0.15, 0.2) is 0 Å². The highest BCUT2D eigenvalue weighted by Gasteiger charge is 2.44. The van der Waals surface area contributed by atoms with Crippen molar-refractivity contribution in [1.82, 2.24) is 9.88 Å². The van der Waals surface area contributed by atoms with Crippen molar-refractivity contribution in [2.75, 3.05) is 19.7 Å². The summed E-state index contributed by atoms with van der Waals surface area (Å²) in [6, 6.07) is 7.15. The zero-order valence-corrected chi connectivity index (χ0v) is 14.0. The molecule has 0 bridgehead atoms. The van der Waals surface area contributed by atoms with Crippen LogP contribution in [0.1, 0.15) is 36.0 Å². The Morgan fingerprint density at radius 1 is 1.24 bits per heavy atom. The molecule has 1 amide bonds. The zero-order chi connectivity index (χ0) is 17.4. The summed E-state index contributed by atoms with van der Waals surface area (Å²) in [7, 11) is 0. The van der Waals surface area contributed by atoms with Crippen LogP contribution in [0.4, 0.5) is 0 Å². The number of piperidine rings is 1. The van der Waals surface area contributed by atoms with Gasteiger partial charge in [0.25, 0.3) is 11.5 Å². The number of H-pyrrole nitrogens is 1. The van der Waals surface area contributed by atoms with E-state index in [4.69, 9.17) is 4.74 Å². The Balaban J connectivity index is 1.57. The lowest BCUT2D eigenvalue weighted by Crippen LogP contribution is -2.56. The molecule has 0 unspecified atom stereocenters. The van der Waals surface area contributed by atoms with Crippen LogP contribution in [0.3, 0.4) is 0 Å². The Morgan fingerprint density at radius 3 is 2.68 bits per heavy atom. The lowest BCUT2D eigenvalue weighted by Gasteiger charge is -2.46. The van der Waals surface area contributed by atoms with Crippen LogP contribution in [-0.4, -0.2) is 52.3 Å². The van der Waals surface area contributed by atoms with Gasteiger partial charge in [-0.3, -0.25) is 9.59 Å². The number of rotatable bonds is 1. The number of nitrogens with zero attached hydrogens (tertiary/aromatic N) is 1. The van der Waals surface area contributed by atoms with E-state index < -0.39 is 11.7 Å². The number of ether oxygens (including phenoxy) is 1. The lowest BCUT2D eigenvalue weighted by atomic mass is 9.82. The van der Waals surface area contributed by atoms with Gasteiger partial charge in [-0.15, -0.1) is 0 Å². The average molecular weight is 342 g/mol. The molecule has 0 aliphatic carbocycles. The number of hydrogen-bond donors (Lipinski definition) is 2. The van der Waals surface area contributed by atoms with Crippen molar-refractivity contribution in [3.63, 3.8) is 0 Å². The molecule has 2 N–H and O–H groups in total. The minimum absolute atomic E-state index is 0.0902. The number of hydrogen-bond acceptors (Lipinski definition) is 4. The van der Waals surface area contributed by atoms with Gasteiger partial charge in [-0.2, -0.15) is 0 Å². The Hall–Kier alpha value is -2.18. The Bertz CT molecular complexity index is 852. The number of amides is 1. The number of aromatic amines is 1. The van der Waals surface area contributed by atoms with Crippen molar-refractivity contribution in [2.24, 2.45) is 0 Å². The van der Waals surface area contributed by atoms with Crippen LogP contribution in [-0.2, 0) is 4.74 Å². The summed E-state index contributed by atoms with van der Waals surface area (Å²) < 4.78 is 5.90. The first kappa shape index (κ1) is 16.3. The first-order valence-electron chi connectivity index (χ1n) is 8.82. The summed E-state index contributed by atoms with van der Waals surface area (Å²) in [6.07, 6.45) is 3.98. The SMILES string of the molecule is O=C(c1c[nH]c(=O)c2ccccc12)N1CCC2(CC1)OCCC[C@H]2O. The Labute approximate surface area is 145 Å². The van der Waals surface area contributed by atoms with Crippen molar-refractivity contribution >= 4 is 16.7 Å². The van der Waals surface area contributed by atoms with E-state index in [1.54, 1.807) is 23.1 Å². The van der Waals surface area contributed by atoms with Crippen LogP contribution in [0, 0.1) is 0 Å². The molecule has 3 heterocycles. The van der Waals surface area contributed by atoms with Crippen molar-refractivity contribution in [2.45, 2.75) is 37.4 Å². The molecule has 1 aromatic heterocycles. The zero-order valence-electron chi connectivity index (χ0n) is 14.0. The van der Waals surface area contributed by atoms with Gasteiger partial charge in [0, 0.05) is 36.7 Å². The normalized spacial score (nSPS) is 23.1. The average Bonchev–Trinajstić information content (AvgIpc) is 2.65. The molecule has 0 saturated carbocycles. The van der Waals surface area contributed by atoms with Crippen LogP contribution in [0.25, 0.3) is 10.8 Å². The van der Waals surface area contributed by atoms with Crippen molar-refractivity contribution in [3.05, 3.63) is 46.4 Å². The minimum Gasteiger partial charge on any atom is -0.390 e. The molecule has 2 fully saturated rings. The molecule has 2 aliphatic rings. The maximum Gasteiger partial charge on any atom is 0.255 e. The molecule has 6 heteroatoms. The van der Waals surface area contributed by atoms with E-state index in [0.29, 0.717) is 48.9 Å². The monoisotopic (exact) mass is 342 g/mol. The molecule has 132 valence electrons. The summed E-state index contributed by atoms with van der Waals surface area (Å²) in [5.74, 6) is -0.0902. The fourth-order valence-corrected chi connectivity index (χ4v) is 4.03. The van der Waals surface area contributed by atoms with Crippen molar-refractivity contribution in [1.29, 1.82) is 0 Å². The third kappa shape index (κ3) is 2.75. The standard InChI is InChI=1S/C19H22N2O4/c22-16-6-3-11-25-19(16)7-9-21(10-8-19)18(24)15-12-20-17(23)14-5-2-1-4-13(14)15/h1-2,4-5,12,16,22H,3,6-11H2,(H,20,23)/t16-/m1/s1. The summed E-state index contributed by atoms with van der Waals surface area (Å²) in [5.41, 5.74) is -0.179. The highest BCUT2D eigenvalue weighted by atomic mass is 16.5. The topological polar surface area (TPSA) is 82.6 Å². The molecule has 0 radical (unpaired) electrons. The molecule has 2 aliphatic heterocycles. The van der Waals surface area contributed by atoms with E-state index in [1.807, 2.05) is 6.07 Å². The number of aromatic nitrogens is 1. The second kappa shape index (κ2) is 6.28. The van der Waals surface area contributed by atoms with E-state index in [2.05, 4.69) is 4.98 Å². The van der Waals surface area contributed by atoms with E-state index in [0.717, 1.165) is 12.8 Å². The van der Waals surface area contributed by atoms with Gasteiger partial charge in [-0.1, -0.05) is 18.2 Å². The van der Waals surface area contributed by atoms with E-state index in [-0.39, 0.29) is 11.5 Å². The predicted molar refractivity (Wildman–Crippen MR) is 93.6 cm³/mol. The summed E-state index contributed by atoms with van der Waals surface area (Å²) in [4.78, 5) is 29.4. The fourth-order valence-electron chi connectivity index (χ4n) is 4.03. The number of pyridine rings is 1. The van der Waals surface area contributed by atoms with Crippen molar-refractivity contribution in [3.8, 4) is 0 Å². The predicted octanol–water partition coefficient (Wildman–Crippen LogP) is 1.67. The lowest BCUT2D eigenvalue weighted by molar-refractivity contribution is -0.174. The molecular formula is C19H22N2O4. The molecule has 1 spiro atoms. The Kier molecular flexibility index (Phi) is 4.09. The summed E-state index contributed by atoms with van der Waals surface area (Å²) in [5, 5.41) is 11.5. The van der Waals surface area contributed by atoms with Crippen LogP contribution in [0.5, 0.6) is 0 Å². The summed E-state index contributed by atoms with van der Waals surface area (Å²) in [6.45, 7) is 1.77. The van der Waals surface area contributed by atoms with Gasteiger partial charge in [-0.25, -0.2) is 0 Å². The highest BCUT2D eigenvalue weighted by Crippen LogP contribution is 2.35. The largest absolute Gasteiger partial charge is 0.390 e. The maximum atomic E-state index is 13.0. The van der Waals surface area contributed by atoms with Crippen LogP contribution >= 0.6 is 0 Å². The third-order valence-corrected chi connectivity index (χ3v) is 5.56. The van der Waals surface area contributed by atoms with Crippen LogP contribution in [0.15, 0.2) is 35.3 Å². The molecule has 2 saturated heterocycles. The van der Waals surface area contributed by atoms with E-state index in [1.165, 1.54) is 6.20 Å². The number of aliphatic hydroxyl groups excluding tert-OH is 1. The van der Waals surface area contributed by atoms with Crippen LogP contribution < -0.4 is 5.56 Å². The quantitative estimate of drug-likeness (QED) is 0.826. The van der Waals surface area contributed by atoms with Crippen molar-refractivity contribution < 1.29 is 14.6 Å². The first-order chi connectivity index (χ1) is 12.1. The number of fused-ring (bicyclic) bond motifs is 1. The molecule has 1 atom stereocenters. The number of likely N-dealkylation sites (tertiary alicyclic amines) is 1. The van der Waals surface area contributed by atoms with E-state index >= 15 is 0 Å². The van der Waals surface area contributed by atoms with Gasteiger partial charge >= 0.3 is 0 Å². The van der Waals surface area contributed by atoms with Gasteiger partial charge in [0.2, 0.25) is 0 Å². The molecule has 6 nitrogen and oxygen atoms in total. The smallest absolute Gasteiger partial charge is 0.255 e. The van der Waals surface area contributed by atoms with Gasteiger partial charge < -0.3 is 19.7 Å². The van der Waals surface area contributed by atoms with Crippen LogP contribution in [0.2, 0.25) is 0 Å². The Morgan fingerprint density at radius 2 is 1.96 bits per heavy atom. The third-order valence-electron chi connectivity index (χ3n) is 5.56. The number of aliphatic hydroxyl groups is 1. The minimum atomic E-state index is -0.498. The van der Waals surface area contributed by atoms with Gasteiger partial charge in [0.05, 0.1) is 17.3 Å². The second-order valence-corrected chi connectivity index (χ2v) is 6.94. The molecule has 25 heavy (non-hydrogen) atoms. The van der Waals surface area contributed by atoms with E-state index in [9.17, 15) is 14.7 Å². The van der Waals surface area contributed by atoms with Gasteiger partial charge in [0.1, 0.15) is 0 Å². The molecule has 1 aromatic carbocycles. The summed E-state index contributed by atoms with van der Waals surface area (Å²) >= 11 is 0. The second-order valence-electron chi connectivity index (χ2n) is 6.94. The highest BCUT2D eigenvalue weighted by molar-refractivity contribution is 6.06. The molecular weight excluding hydrogens is 320 g/mol. The number of nitrogens with one attached hydrogen (secondary N) is 1. The first-order valence-corrected chi connectivity index (χ1v) is 8.82.